The second kappa shape index (κ2) is 7.38. The molecule has 1 aromatic heterocycles. The number of ether oxygens (including phenoxy) is 2. The Bertz CT molecular complexity index is 973. The minimum Gasteiger partial charge on any atom is -0.347 e. The van der Waals surface area contributed by atoms with E-state index in [1.165, 1.54) is 12.1 Å². The molecule has 152 valence electrons. The van der Waals surface area contributed by atoms with Gasteiger partial charge in [-0.05, 0) is 73.2 Å². The fourth-order valence-electron chi connectivity index (χ4n) is 5.07. The second-order valence-corrected chi connectivity index (χ2v) is 8.60. The van der Waals surface area contributed by atoms with E-state index in [1.54, 1.807) is 12.1 Å². The number of aromatic nitrogens is 2. The predicted octanol–water partition coefficient (Wildman–Crippen LogP) is 5.30. The molecule has 29 heavy (non-hydrogen) atoms. The molecule has 1 saturated carbocycles. The predicted molar refractivity (Wildman–Crippen MR) is 111 cm³/mol. The van der Waals surface area contributed by atoms with Gasteiger partial charge in [0.05, 0.1) is 24.6 Å². The zero-order valence-electron chi connectivity index (χ0n) is 16.4. The summed E-state index contributed by atoms with van der Waals surface area (Å²) in [7, 11) is 1.89. The van der Waals surface area contributed by atoms with Crippen molar-refractivity contribution in [3.8, 4) is 11.3 Å². The summed E-state index contributed by atoms with van der Waals surface area (Å²) in [5.41, 5.74) is 3.87. The number of hydrogen-bond donors (Lipinski definition) is 0. The Morgan fingerprint density at radius 2 is 1.79 bits per heavy atom. The van der Waals surface area contributed by atoms with Crippen molar-refractivity contribution in [3.05, 3.63) is 58.5 Å². The second-order valence-electron chi connectivity index (χ2n) is 8.15. The third-order valence-electron chi connectivity index (χ3n) is 6.47. The number of benzene rings is 1. The van der Waals surface area contributed by atoms with E-state index in [2.05, 4.69) is 11.2 Å². The molecule has 2 unspecified atom stereocenters. The number of allylic oxidation sites excluding steroid dienone is 3. The van der Waals surface area contributed by atoms with Crippen molar-refractivity contribution in [2.45, 2.75) is 31.5 Å². The molecule has 2 aliphatic carbocycles. The summed E-state index contributed by atoms with van der Waals surface area (Å²) in [6, 6.07) is 8.47. The van der Waals surface area contributed by atoms with Gasteiger partial charge in [-0.1, -0.05) is 17.7 Å². The molecule has 1 aliphatic heterocycles. The molecular weight excluding hydrogens is 391 g/mol. The Balaban J connectivity index is 1.38. The van der Waals surface area contributed by atoms with Gasteiger partial charge in [-0.25, -0.2) is 4.39 Å². The van der Waals surface area contributed by atoms with E-state index < -0.39 is 5.79 Å². The molecule has 2 bridgehead atoms. The highest BCUT2D eigenvalue weighted by molar-refractivity contribution is 6.30. The fraction of sp³-hybridized carbons (Fsp3) is 0.435. The molecule has 2 fully saturated rings. The SMILES string of the molecule is Cn1nc(/C=C/C2=C(Cl)CC3CCC(C2)C32OCCO2)cc1-c1ccc(F)cc1. The first-order chi connectivity index (χ1) is 14.0. The molecule has 4 nitrogen and oxygen atoms in total. The highest BCUT2D eigenvalue weighted by Gasteiger charge is 2.55. The van der Waals surface area contributed by atoms with Gasteiger partial charge in [-0.3, -0.25) is 4.68 Å². The average Bonchev–Trinajstić information content (AvgIpc) is 3.39. The van der Waals surface area contributed by atoms with Crippen LogP contribution in [0.1, 0.15) is 31.4 Å². The Morgan fingerprint density at radius 3 is 2.52 bits per heavy atom. The van der Waals surface area contributed by atoms with Gasteiger partial charge in [0.1, 0.15) is 5.82 Å². The lowest BCUT2D eigenvalue weighted by atomic mass is 9.93. The van der Waals surface area contributed by atoms with Crippen LogP contribution >= 0.6 is 11.6 Å². The molecule has 2 atom stereocenters. The van der Waals surface area contributed by atoms with E-state index in [1.807, 2.05) is 23.9 Å². The van der Waals surface area contributed by atoms with E-state index in [0.717, 1.165) is 53.2 Å². The van der Waals surface area contributed by atoms with Crippen LogP contribution in [-0.4, -0.2) is 28.8 Å². The van der Waals surface area contributed by atoms with Crippen molar-refractivity contribution in [1.82, 2.24) is 9.78 Å². The van der Waals surface area contributed by atoms with E-state index >= 15 is 0 Å². The van der Waals surface area contributed by atoms with E-state index in [9.17, 15) is 4.39 Å². The first-order valence-corrected chi connectivity index (χ1v) is 10.6. The van der Waals surface area contributed by atoms with Crippen LogP contribution in [0.4, 0.5) is 4.39 Å². The fourth-order valence-corrected chi connectivity index (χ4v) is 5.40. The van der Waals surface area contributed by atoms with Gasteiger partial charge in [0.25, 0.3) is 0 Å². The Hall–Kier alpha value is -1.95. The first kappa shape index (κ1) is 19.0. The largest absolute Gasteiger partial charge is 0.347 e. The molecule has 0 radical (unpaired) electrons. The minimum absolute atomic E-state index is 0.242. The summed E-state index contributed by atoms with van der Waals surface area (Å²) in [6.07, 6.45) is 7.99. The van der Waals surface area contributed by atoms with Gasteiger partial charge in [0, 0.05) is 23.9 Å². The average molecular weight is 415 g/mol. The Kier molecular flexibility index (Phi) is 4.85. The van der Waals surface area contributed by atoms with Crippen LogP contribution < -0.4 is 0 Å². The molecule has 1 aromatic carbocycles. The maximum atomic E-state index is 13.2. The molecule has 1 spiro atoms. The quantitative estimate of drug-likeness (QED) is 0.684. The standard InChI is InChI=1S/C23H24ClFN2O2/c1-27-22(15-2-7-19(25)8-3-15)14-20(26-27)9-4-16-12-17-5-6-18(13-21(16)24)23(17)28-10-11-29-23/h2-4,7-9,14,17-18H,5-6,10-13H2,1H3/b9-4+. The van der Waals surface area contributed by atoms with Crippen molar-refractivity contribution < 1.29 is 13.9 Å². The molecule has 0 N–H and O–H groups in total. The maximum Gasteiger partial charge on any atom is 0.174 e. The zero-order valence-corrected chi connectivity index (χ0v) is 17.2. The summed E-state index contributed by atoms with van der Waals surface area (Å²) in [5, 5.41) is 5.49. The smallest absolute Gasteiger partial charge is 0.174 e. The van der Waals surface area contributed by atoms with Crippen LogP contribution in [0.15, 0.2) is 47.0 Å². The summed E-state index contributed by atoms with van der Waals surface area (Å²) in [6.45, 7) is 1.35. The topological polar surface area (TPSA) is 36.3 Å². The van der Waals surface area contributed by atoms with E-state index in [-0.39, 0.29) is 5.82 Å². The zero-order chi connectivity index (χ0) is 20.0. The summed E-state index contributed by atoms with van der Waals surface area (Å²) >= 11 is 6.71. The highest BCUT2D eigenvalue weighted by Crippen LogP contribution is 2.54. The molecule has 0 amide bonds. The minimum atomic E-state index is -0.434. The first-order valence-electron chi connectivity index (χ1n) is 10.2. The molecule has 1 saturated heterocycles. The van der Waals surface area contributed by atoms with Crippen LogP contribution in [-0.2, 0) is 16.5 Å². The van der Waals surface area contributed by atoms with Crippen LogP contribution in [0, 0.1) is 17.7 Å². The molecular formula is C23H24ClFN2O2. The summed E-state index contributed by atoms with van der Waals surface area (Å²) in [4.78, 5) is 0. The molecule has 2 heterocycles. The van der Waals surface area contributed by atoms with Crippen molar-refractivity contribution in [1.29, 1.82) is 0 Å². The maximum absolute atomic E-state index is 13.2. The van der Waals surface area contributed by atoms with Crippen molar-refractivity contribution >= 4 is 17.7 Å². The highest BCUT2D eigenvalue weighted by atomic mass is 35.5. The van der Waals surface area contributed by atoms with Crippen LogP contribution in [0.2, 0.25) is 0 Å². The van der Waals surface area contributed by atoms with Crippen molar-refractivity contribution in [3.63, 3.8) is 0 Å². The Labute approximate surface area is 175 Å². The number of rotatable bonds is 3. The van der Waals surface area contributed by atoms with Crippen LogP contribution in [0.3, 0.4) is 0 Å². The van der Waals surface area contributed by atoms with E-state index in [0.29, 0.717) is 25.0 Å². The molecule has 6 heteroatoms. The third-order valence-corrected chi connectivity index (χ3v) is 6.87. The van der Waals surface area contributed by atoms with Crippen molar-refractivity contribution in [2.24, 2.45) is 18.9 Å². The Morgan fingerprint density at radius 1 is 1.10 bits per heavy atom. The lowest BCUT2D eigenvalue weighted by Crippen LogP contribution is -2.40. The lowest BCUT2D eigenvalue weighted by Gasteiger charge is -2.33. The van der Waals surface area contributed by atoms with Gasteiger partial charge < -0.3 is 9.47 Å². The summed E-state index contributed by atoms with van der Waals surface area (Å²) < 4.78 is 27.2. The van der Waals surface area contributed by atoms with E-state index in [4.69, 9.17) is 21.1 Å². The number of hydrogen-bond acceptors (Lipinski definition) is 3. The number of nitrogens with zero attached hydrogens (tertiary/aromatic N) is 2. The van der Waals surface area contributed by atoms with Gasteiger partial charge >= 0.3 is 0 Å². The lowest BCUT2D eigenvalue weighted by molar-refractivity contribution is -0.207. The van der Waals surface area contributed by atoms with Crippen molar-refractivity contribution in [2.75, 3.05) is 13.2 Å². The molecule has 3 aliphatic rings. The van der Waals surface area contributed by atoms with Gasteiger partial charge in [-0.15, -0.1) is 0 Å². The third kappa shape index (κ3) is 3.35. The normalized spacial score (nSPS) is 26.0. The monoisotopic (exact) mass is 414 g/mol. The molecule has 5 rings (SSSR count). The van der Waals surface area contributed by atoms with Gasteiger partial charge in [0.15, 0.2) is 5.79 Å². The number of aryl methyl sites for hydroxylation is 1. The van der Waals surface area contributed by atoms with Crippen LogP contribution in [0.25, 0.3) is 17.3 Å². The number of halogens is 2. The summed E-state index contributed by atoms with van der Waals surface area (Å²) in [5.74, 6) is 0.0160. The van der Waals surface area contributed by atoms with Crippen LogP contribution in [0.5, 0.6) is 0 Å². The van der Waals surface area contributed by atoms with Gasteiger partial charge in [0.2, 0.25) is 0 Å². The molecule has 2 aromatic rings. The van der Waals surface area contributed by atoms with Gasteiger partial charge in [-0.2, -0.15) is 5.10 Å².